The molecule has 0 saturated carbocycles. The van der Waals surface area contributed by atoms with Crippen molar-refractivity contribution < 1.29 is 19.1 Å². The molecule has 0 aromatic rings. The molecule has 0 heterocycles. The molecule has 0 saturated heterocycles. The molecule has 0 radical (unpaired) electrons. The van der Waals surface area contributed by atoms with E-state index in [1.54, 1.807) is 9.80 Å². The lowest BCUT2D eigenvalue weighted by Crippen LogP contribution is -2.37. The fourth-order valence-electron chi connectivity index (χ4n) is 1.67. The van der Waals surface area contributed by atoms with Gasteiger partial charge in [-0.05, 0) is 34.1 Å². The largest absolute Gasteiger partial charge is 0.445 e. The second kappa shape index (κ2) is 10.3. The third-order valence-corrected chi connectivity index (χ3v) is 3.16. The van der Waals surface area contributed by atoms with Crippen molar-refractivity contribution in [3.63, 3.8) is 0 Å². The number of hydrogen-bond acceptors (Lipinski definition) is 4. The molecule has 0 aliphatic heterocycles. The summed E-state index contributed by atoms with van der Waals surface area (Å²) in [4.78, 5) is 26.7. The van der Waals surface area contributed by atoms with E-state index in [1.165, 1.54) is 0 Å². The zero-order chi connectivity index (χ0) is 15.5. The van der Waals surface area contributed by atoms with Crippen LogP contribution in [0.1, 0.15) is 41.0 Å². The molecule has 0 aromatic carbocycles. The summed E-state index contributed by atoms with van der Waals surface area (Å²) in [5.41, 5.74) is 0. The predicted octanol–water partition coefficient (Wildman–Crippen LogP) is 2.72. The minimum Gasteiger partial charge on any atom is -0.445 e. The summed E-state index contributed by atoms with van der Waals surface area (Å²) < 4.78 is 10.5. The molecule has 0 N–H and O–H groups in total. The molecule has 0 aliphatic carbocycles. The lowest BCUT2D eigenvalue weighted by Gasteiger charge is -2.24. The Morgan fingerprint density at radius 3 is 1.70 bits per heavy atom. The number of amides is 2. The van der Waals surface area contributed by atoms with E-state index in [4.69, 9.17) is 9.47 Å². The molecule has 118 valence electrons. The molecule has 1 unspecified atom stereocenters. The van der Waals surface area contributed by atoms with Crippen LogP contribution < -0.4 is 0 Å². The maximum absolute atomic E-state index is 11.8. The van der Waals surface area contributed by atoms with Gasteiger partial charge in [0, 0.05) is 26.2 Å². The Hall–Kier alpha value is -1.46. The molecule has 6 heteroatoms. The first-order chi connectivity index (χ1) is 9.53. The van der Waals surface area contributed by atoms with Crippen molar-refractivity contribution >= 4 is 12.2 Å². The van der Waals surface area contributed by atoms with Crippen LogP contribution in [0.5, 0.6) is 0 Å². The van der Waals surface area contributed by atoms with Crippen molar-refractivity contribution in [2.75, 3.05) is 32.8 Å². The van der Waals surface area contributed by atoms with Crippen LogP contribution >= 0.6 is 0 Å². The first-order valence-electron chi connectivity index (χ1n) is 7.41. The molecule has 0 spiro atoms. The fraction of sp³-hybridized carbons (Fsp3) is 0.857. The van der Waals surface area contributed by atoms with Crippen molar-refractivity contribution in [3.05, 3.63) is 0 Å². The number of hydrogen-bond donors (Lipinski definition) is 0. The van der Waals surface area contributed by atoms with Gasteiger partial charge in [-0.25, -0.2) is 9.59 Å². The molecule has 20 heavy (non-hydrogen) atoms. The maximum Gasteiger partial charge on any atom is 0.410 e. The summed E-state index contributed by atoms with van der Waals surface area (Å²) in [7, 11) is 0. The van der Waals surface area contributed by atoms with Crippen LogP contribution in [0.4, 0.5) is 9.59 Å². The fourth-order valence-corrected chi connectivity index (χ4v) is 1.67. The van der Waals surface area contributed by atoms with Crippen LogP contribution in [0.15, 0.2) is 0 Å². The minimum absolute atomic E-state index is 0.0961. The number of carbonyl (C=O) groups is 2. The highest BCUT2D eigenvalue weighted by Crippen LogP contribution is 2.05. The topological polar surface area (TPSA) is 59.1 Å². The molecule has 6 nitrogen and oxygen atoms in total. The van der Waals surface area contributed by atoms with Gasteiger partial charge < -0.3 is 19.3 Å². The first-order valence-corrected chi connectivity index (χ1v) is 7.41. The van der Waals surface area contributed by atoms with Gasteiger partial charge in [0.1, 0.15) is 12.7 Å². The summed E-state index contributed by atoms with van der Waals surface area (Å²) in [6, 6.07) is 0. The SMILES string of the molecule is CCC(COC(=O)N(CC)CC)OC(=O)N(CC)CC. The standard InChI is InChI=1S/C14H28N2O4/c1-6-12(20-14(18)16(9-4)10-5)11-19-13(17)15(7-2)8-3/h12H,6-11H2,1-5H3. The summed E-state index contributed by atoms with van der Waals surface area (Å²) in [5.74, 6) is 0. The van der Waals surface area contributed by atoms with Gasteiger partial charge in [0.25, 0.3) is 0 Å². The third kappa shape index (κ3) is 6.12. The van der Waals surface area contributed by atoms with Crippen LogP contribution in [-0.4, -0.2) is 60.9 Å². The predicted molar refractivity (Wildman–Crippen MR) is 77.8 cm³/mol. The molecule has 2 amide bonds. The van der Waals surface area contributed by atoms with E-state index in [9.17, 15) is 9.59 Å². The van der Waals surface area contributed by atoms with E-state index < -0.39 is 6.10 Å². The Morgan fingerprint density at radius 2 is 1.30 bits per heavy atom. The van der Waals surface area contributed by atoms with Gasteiger partial charge in [0.2, 0.25) is 0 Å². The molecular formula is C14H28N2O4. The lowest BCUT2D eigenvalue weighted by molar-refractivity contribution is 0.0165. The highest BCUT2D eigenvalue weighted by molar-refractivity contribution is 5.68. The maximum atomic E-state index is 11.8. The van der Waals surface area contributed by atoms with Crippen LogP contribution in [0.3, 0.4) is 0 Å². The van der Waals surface area contributed by atoms with Crippen LogP contribution in [0, 0.1) is 0 Å². The van der Waals surface area contributed by atoms with Crippen molar-refractivity contribution in [1.82, 2.24) is 9.80 Å². The molecule has 0 aromatic heterocycles. The quantitative estimate of drug-likeness (QED) is 0.689. The number of carbonyl (C=O) groups excluding carboxylic acids is 2. The molecule has 0 aliphatic rings. The van der Waals surface area contributed by atoms with E-state index in [0.29, 0.717) is 32.6 Å². The van der Waals surface area contributed by atoms with Gasteiger partial charge in [-0.15, -0.1) is 0 Å². The average molecular weight is 288 g/mol. The monoisotopic (exact) mass is 288 g/mol. The van der Waals surface area contributed by atoms with Gasteiger partial charge in [-0.2, -0.15) is 0 Å². The van der Waals surface area contributed by atoms with Crippen LogP contribution in [0.25, 0.3) is 0 Å². The van der Waals surface area contributed by atoms with E-state index in [-0.39, 0.29) is 18.8 Å². The van der Waals surface area contributed by atoms with Gasteiger partial charge in [0.05, 0.1) is 0 Å². The summed E-state index contributed by atoms with van der Waals surface area (Å²) in [6.45, 7) is 12.0. The van der Waals surface area contributed by atoms with Gasteiger partial charge >= 0.3 is 12.2 Å². The summed E-state index contributed by atoms with van der Waals surface area (Å²) in [6.07, 6.45) is -0.519. The van der Waals surface area contributed by atoms with Crippen molar-refractivity contribution in [2.45, 2.75) is 47.1 Å². The molecular weight excluding hydrogens is 260 g/mol. The Balaban J connectivity index is 4.28. The Morgan fingerprint density at radius 1 is 0.850 bits per heavy atom. The lowest BCUT2D eigenvalue weighted by atomic mass is 10.3. The summed E-state index contributed by atoms with van der Waals surface area (Å²) in [5, 5.41) is 0. The van der Waals surface area contributed by atoms with Crippen LogP contribution in [-0.2, 0) is 9.47 Å². The average Bonchev–Trinajstić information content (AvgIpc) is 2.45. The molecule has 1 atom stereocenters. The highest BCUT2D eigenvalue weighted by Gasteiger charge is 2.19. The van der Waals surface area contributed by atoms with E-state index in [1.807, 2.05) is 34.6 Å². The number of ether oxygens (including phenoxy) is 2. The number of rotatable bonds is 8. The minimum atomic E-state index is -0.400. The highest BCUT2D eigenvalue weighted by atomic mass is 16.6. The van der Waals surface area contributed by atoms with Gasteiger partial charge in [-0.3, -0.25) is 0 Å². The van der Waals surface area contributed by atoms with Crippen molar-refractivity contribution in [2.24, 2.45) is 0 Å². The van der Waals surface area contributed by atoms with Crippen molar-refractivity contribution in [1.29, 1.82) is 0 Å². The first kappa shape index (κ1) is 18.5. The molecule has 0 rings (SSSR count). The van der Waals surface area contributed by atoms with Crippen molar-refractivity contribution in [3.8, 4) is 0 Å². The molecule has 0 fully saturated rings. The number of nitrogens with zero attached hydrogens (tertiary/aromatic N) is 2. The Bertz CT molecular complexity index is 289. The van der Waals surface area contributed by atoms with E-state index >= 15 is 0 Å². The van der Waals surface area contributed by atoms with E-state index in [0.717, 1.165) is 0 Å². The zero-order valence-corrected chi connectivity index (χ0v) is 13.3. The van der Waals surface area contributed by atoms with Gasteiger partial charge in [0.15, 0.2) is 0 Å². The zero-order valence-electron chi connectivity index (χ0n) is 13.3. The molecule has 0 bridgehead atoms. The Kier molecular flexibility index (Phi) is 9.59. The van der Waals surface area contributed by atoms with Gasteiger partial charge in [-0.1, -0.05) is 6.92 Å². The smallest absolute Gasteiger partial charge is 0.410 e. The second-order valence-electron chi connectivity index (χ2n) is 4.34. The normalized spacial score (nSPS) is 11.7. The summed E-state index contributed by atoms with van der Waals surface area (Å²) >= 11 is 0. The van der Waals surface area contributed by atoms with E-state index in [2.05, 4.69) is 0 Å². The van der Waals surface area contributed by atoms with Crippen LogP contribution in [0.2, 0.25) is 0 Å². The second-order valence-corrected chi connectivity index (χ2v) is 4.34. The third-order valence-electron chi connectivity index (χ3n) is 3.16. The Labute approximate surface area is 122 Å².